The molecule has 3 heterocycles. The van der Waals surface area contributed by atoms with Gasteiger partial charge in [0.25, 0.3) is 0 Å². The molecule has 1 spiro atoms. The molecule has 142 valence electrons. The van der Waals surface area contributed by atoms with E-state index < -0.39 is 12.3 Å². The second kappa shape index (κ2) is 6.41. The Morgan fingerprint density at radius 3 is 2.44 bits per heavy atom. The Kier molecular flexibility index (Phi) is 4.13. The van der Waals surface area contributed by atoms with Crippen LogP contribution >= 0.6 is 11.8 Å². The summed E-state index contributed by atoms with van der Waals surface area (Å²) in [6.45, 7) is 4.96. The first-order chi connectivity index (χ1) is 13.1. The molecule has 2 aromatic rings. The SMILES string of the molecule is COC1Oc2ccc3c(c2O1)Sc1ccccc1C31OCC(C)C(C)CO1. The third-order valence-corrected chi connectivity index (χ3v) is 6.77. The van der Waals surface area contributed by atoms with Crippen LogP contribution in [0.1, 0.15) is 25.0 Å². The molecule has 1 saturated heterocycles. The highest BCUT2D eigenvalue weighted by molar-refractivity contribution is 7.99. The van der Waals surface area contributed by atoms with E-state index in [-0.39, 0.29) is 0 Å². The molecule has 6 heteroatoms. The quantitative estimate of drug-likeness (QED) is 0.725. The first-order valence-electron chi connectivity index (χ1n) is 9.21. The molecule has 0 aromatic heterocycles. The Balaban J connectivity index is 1.69. The molecule has 2 aromatic carbocycles. The van der Waals surface area contributed by atoms with Gasteiger partial charge in [0.05, 0.1) is 18.1 Å². The molecule has 5 nitrogen and oxygen atoms in total. The van der Waals surface area contributed by atoms with Crippen molar-refractivity contribution in [2.75, 3.05) is 20.3 Å². The highest BCUT2D eigenvalue weighted by atomic mass is 32.2. The Labute approximate surface area is 162 Å². The van der Waals surface area contributed by atoms with Gasteiger partial charge < -0.3 is 23.7 Å². The molecular formula is C21H22O5S. The van der Waals surface area contributed by atoms with E-state index in [9.17, 15) is 0 Å². The van der Waals surface area contributed by atoms with E-state index in [1.54, 1.807) is 18.9 Å². The summed E-state index contributed by atoms with van der Waals surface area (Å²) in [5.41, 5.74) is 2.01. The van der Waals surface area contributed by atoms with E-state index in [4.69, 9.17) is 23.7 Å². The van der Waals surface area contributed by atoms with Crippen molar-refractivity contribution in [3.05, 3.63) is 47.5 Å². The lowest BCUT2D eigenvalue weighted by Crippen LogP contribution is -2.37. The number of fused-ring (bicyclic) bond motifs is 6. The van der Waals surface area contributed by atoms with Crippen LogP contribution in [0.3, 0.4) is 0 Å². The standard InChI is InChI=1S/C21H22O5S/c1-12-10-23-21(24-11-13(12)2)14-6-4-5-7-17(14)27-19-15(21)8-9-16-18(19)26-20(22-3)25-16/h4-9,12-13,20H,10-11H2,1-3H3. The molecule has 27 heavy (non-hydrogen) atoms. The van der Waals surface area contributed by atoms with Gasteiger partial charge in [0, 0.05) is 23.1 Å². The third-order valence-electron chi connectivity index (χ3n) is 5.58. The molecule has 0 radical (unpaired) electrons. The summed E-state index contributed by atoms with van der Waals surface area (Å²) in [7, 11) is 1.56. The Morgan fingerprint density at radius 2 is 1.70 bits per heavy atom. The molecule has 3 unspecified atom stereocenters. The fourth-order valence-electron chi connectivity index (χ4n) is 3.69. The maximum Gasteiger partial charge on any atom is 0.360 e. The van der Waals surface area contributed by atoms with Crippen molar-refractivity contribution in [1.29, 1.82) is 0 Å². The van der Waals surface area contributed by atoms with Gasteiger partial charge in [-0.05, 0) is 30.0 Å². The summed E-state index contributed by atoms with van der Waals surface area (Å²) < 4.78 is 29.9. The lowest BCUT2D eigenvalue weighted by atomic mass is 9.95. The number of benzene rings is 2. The molecule has 1 fully saturated rings. The fraction of sp³-hybridized carbons (Fsp3) is 0.429. The number of hydrogen-bond donors (Lipinski definition) is 0. The van der Waals surface area contributed by atoms with Crippen molar-refractivity contribution in [1.82, 2.24) is 0 Å². The molecule has 0 amide bonds. The fourth-order valence-corrected chi connectivity index (χ4v) is 4.92. The van der Waals surface area contributed by atoms with Gasteiger partial charge in [0.1, 0.15) is 0 Å². The maximum atomic E-state index is 6.52. The zero-order chi connectivity index (χ0) is 18.6. The van der Waals surface area contributed by atoms with Gasteiger partial charge in [-0.2, -0.15) is 0 Å². The molecule has 3 aliphatic rings. The van der Waals surface area contributed by atoms with Gasteiger partial charge in [-0.3, -0.25) is 0 Å². The zero-order valence-electron chi connectivity index (χ0n) is 15.6. The van der Waals surface area contributed by atoms with E-state index in [2.05, 4.69) is 26.0 Å². The Bertz CT molecular complexity index is 871. The van der Waals surface area contributed by atoms with E-state index in [0.717, 1.165) is 20.9 Å². The molecule has 3 aliphatic heterocycles. The summed E-state index contributed by atoms with van der Waals surface area (Å²) in [6, 6.07) is 12.2. The monoisotopic (exact) mass is 386 g/mol. The van der Waals surface area contributed by atoms with E-state index in [0.29, 0.717) is 36.5 Å². The van der Waals surface area contributed by atoms with Gasteiger partial charge in [-0.15, -0.1) is 0 Å². The van der Waals surface area contributed by atoms with E-state index in [1.165, 1.54) is 0 Å². The van der Waals surface area contributed by atoms with Crippen LogP contribution in [0.2, 0.25) is 0 Å². The summed E-state index contributed by atoms with van der Waals surface area (Å²) in [5, 5.41) is 0. The second-order valence-electron chi connectivity index (χ2n) is 7.32. The van der Waals surface area contributed by atoms with Gasteiger partial charge in [-0.25, -0.2) is 0 Å². The number of methoxy groups -OCH3 is 1. The largest absolute Gasteiger partial charge is 0.428 e. The van der Waals surface area contributed by atoms with Gasteiger partial charge in [0.15, 0.2) is 11.5 Å². The maximum absolute atomic E-state index is 6.52. The minimum absolute atomic E-state index is 0.418. The summed E-state index contributed by atoms with van der Waals surface area (Å²) >= 11 is 1.66. The van der Waals surface area contributed by atoms with Crippen LogP contribution in [0.4, 0.5) is 0 Å². The predicted octanol–water partition coefficient (Wildman–Crippen LogP) is 4.37. The van der Waals surface area contributed by atoms with Crippen LogP contribution in [0.15, 0.2) is 46.2 Å². The average molecular weight is 386 g/mol. The van der Waals surface area contributed by atoms with Crippen LogP contribution in [-0.4, -0.2) is 26.8 Å². The topological polar surface area (TPSA) is 46.2 Å². The van der Waals surface area contributed by atoms with E-state index >= 15 is 0 Å². The predicted molar refractivity (Wildman–Crippen MR) is 100 cm³/mol. The lowest BCUT2D eigenvalue weighted by Gasteiger charge is -2.39. The average Bonchev–Trinajstić information content (AvgIpc) is 3.07. The number of hydrogen-bond acceptors (Lipinski definition) is 6. The first-order valence-corrected chi connectivity index (χ1v) is 10.0. The number of rotatable bonds is 1. The summed E-state index contributed by atoms with van der Waals surface area (Å²) in [6.07, 6.45) is 0. The number of ether oxygens (including phenoxy) is 5. The van der Waals surface area contributed by atoms with Crippen molar-refractivity contribution >= 4 is 11.8 Å². The van der Waals surface area contributed by atoms with Crippen molar-refractivity contribution in [2.24, 2.45) is 11.8 Å². The normalized spacial score (nSPS) is 31.3. The molecule has 0 bridgehead atoms. The molecule has 0 aliphatic carbocycles. The zero-order valence-corrected chi connectivity index (χ0v) is 16.4. The minimum atomic E-state index is -0.931. The Morgan fingerprint density at radius 1 is 0.963 bits per heavy atom. The van der Waals surface area contributed by atoms with Crippen molar-refractivity contribution in [2.45, 2.75) is 35.9 Å². The summed E-state index contributed by atoms with van der Waals surface area (Å²) in [5.74, 6) is 1.27. The van der Waals surface area contributed by atoms with Gasteiger partial charge in [0.2, 0.25) is 5.79 Å². The van der Waals surface area contributed by atoms with Crippen LogP contribution in [-0.2, 0) is 20.0 Å². The van der Waals surface area contributed by atoms with Crippen LogP contribution < -0.4 is 9.47 Å². The smallest absolute Gasteiger partial charge is 0.360 e. The van der Waals surface area contributed by atoms with E-state index in [1.807, 2.05) is 24.3 Å². The Hall–Kier alpha value is -1.73. The van der Waals surface area contributed by atoms with Crippen molar-refractivity contribution < 1.29 is 23.7 Å². The molecule has 5 rings (SSSR count). The first kappa shape index (κ1) is 17.4. The second-order valence-corrected chi connectivity index (χ2v) is 8.37. The highest BCUT2D eigenvalue weighted by Crippen LogP contribution is 2.57. The molecule has 0 N–H and O–H groups in total. The van der Waals surface area contributed by atoms with Crippen molar-refractivity contribution in [3.63, 3.8) is 0 Å². The van der Waals surface area contributed by atoms with Crippen LogP contribution in [0, 0.1) is 11.8 Å². The molecule has 3 atom stereocenters. The third kappa shape index (κ3) is 2.58. The van der Waals surface area contributed by atoms with Crippen molar-refractivity contribution in [3.8, 4) is 11.5 Å². The molecule has 0 saturated carbocycles. The van der Waals surface area contributed by atoms with Crippen LogP contribution in [0.5, 0.6) is 11.5 Å². The minimum Gasteiger partial charge on any atom is -0.428 e. The molecular weight excluding hydrogens is 364 g/mol. The highest BCUT2D eigenvalue weighted by Gasteiger charge is 2.48. The summed E-state index contributed by atoms with van der Waals surface area (Å²) in [4.78, 5) is 2.07. The van der Waals surface area contributed by atoms with Gasteiger partial charge in [-0.1, -0.05) is 43.8 Å². The van der Waals surface area contributed by atoms with Gasteiger partial charge >= 0.3 is 6.48 Å². The lowest BCUT2D eigenvalue weighted by molar-refractivity contribution is -0.211. The van der Waals surface area contributed by atoms with Crippen LogP contribution in [0.25, 0.3) is 0 Å².